The van der Waals surface area contributed by atoms with Crippen LogP contribution in [0, 0.1) is 13.8 Å². The van der Waals surface area contributed by atoms with E-state index < -0.39 is 0 Å². The summed E-state index contributed by atoms with van der Waals surface area (Å²) in [7, 11) is 0. The molecule has 2 aromatic carbocycles. The quantitative estimate of drug-likeness (QED) is 0.565. The second-order valence-electron chi connectivity index (χ2n) is 7.70. The van der Waals surface area contributed by atoms with Gasteiger partial charge in [-0.2, -0.15) is 0 Å². The number of Topliss-reactive ketones (excluding diaryl/α,β-unsaturated/α-hetero) is 1. The number of amidine groups is 1. The van der Waals surface area contributed by atoms with Gasteiger partial charge in [0.2, 0.25) is 0 Å². The molecule has 2 aliphatic rings. The minimum atomic E-state index is 0. The summed E-state index contributed by atoms with van der Waals surface area (Å²) in [6, 6.07) is 11.7. The van der Waals surface area contributed by atoms with Gasteiger partial charge in [-0.25, -0.2) is 0 Å². The van der Waals surface area contributed by atoms with E-state index in [-0.39, 0.29) is 29.3 Å². The van der Waals surface area contributed by atoms with Crippen molar-refractivity contribution in [1.29, 1.82) is 0 Å². The first kappa shape index (κ1) is 22.3. The van der Waals surface area contributed by atoms with Crippen molar-refractivity contribution in [1.82, 2.24) is 0 Å². The topological polar surface area (TPSA) is 51.1 Å². The number of hydrogen-bond donors (Lipinski definition) is 0. The monoisotopic (exact) mass is 472 g/mol. The normalized spacial score (nSPS) is 15.5. The summed E-state index contributed by atoms with van der Waals surface area (Å²) < 4.78 is 11.2. The van der Waals surface area contributed by atoms with E-state index in [0.29, 0.717) is 30.3 Å². The molecular formula is C24H29BrN2O3. The third kappa shape index (κ3) is 4.86. The van der Waals surface area contributed by atoms with Crippen molar-refractivity contribution in [3.8, 4) is 11.5 Å². The lowest BCUT2D eigenvalue weighted by Crippen LogP contribution is -2.36. The Morgan fingerprint density at radius 2 is 1.83 bits per heavy atom. The van der Waals surface area contributed by atoms with Crippen molar-refractivity contribution in [2.24, 2.45) is 4.99 Å². The molecule has 30 heavy (non-hydrogen) atoms. The molecule has 6 heteroatoms. The zero-order chi connectivity index (χ0) is 20.2. The molecule has 5 nitrogen and oxygen atoms in total. The third-order valence-corrected chi connectivity index (χ3v) is 5.70. The predicted molar refractivity (Wildman–Crippen MR) is 126 cm³/mol. The molecule has 0 bridgehead atoms. The molecule has 160 valence electrons. The fourth-order valence-corrected chi connectivity index (χ4v) is 3.87. The molecule has 0 saturated heterocycles. The van der Waals surface area contributed by atoms with Gasteiger partial charge in [0.15, 0.2) is 17.3 Å². The van der Waals surface area contributed by atoms with Gasteiger partial charge in [-0.15, -0.1) is 17.0 Å². The van der Waals surface area contributed by atoms with Gasteiger partial charge >= 0.3 is 0 Å². The first-order valence-electron chi connectivity index (χ1n) is 10.4. The molecule has 0 aromatic heterocycles. The zero-order valence-electron chi connectivity index (χ0n) is 17.6. The Morgan fingerprint density at radius 1 is 1.03 bits per heavy atom. The van der Waals surface area contributed by atoms with Crippen molar-refractivity contribution >= 4 is 34.3 Å². The number of aliphatic imine (C=N–C) groups is 1. The Morgan fingerprint density at radius 3 is 2.67 bits per heavy atom. The summed E-state index contributed by atoms with van der Waals surface area (Å²) in [5.41, 5.74) is 4.11. The van der Waals surface area contributed by atoms with Gasteiger partial charge in [0, 0.05) is 24.2 Å². The maximum atomic E-state index is 13.2. The number of ether oxygens (including phenoxy) is 2. The highest BCUT2D eigenvalue weighted by Gasteiger charge is 2.22. The van der Waals surface area contributed by atoms with Crippen molar-refractivity contribution in [3.63, 3.8) is 0 Å². The van der Waals surface area contributed by atoms with E-state index in [0.717, 1.165) is 37.3 Å². The average Bonchev–Trinajstić information content (AvgIpc) is 3.03. The molecule has 0 unspecified atom stereocenters. The van der Waals surface area contributed by atoms with E-state index in [2.05, 4.69) is 36.9 Å². The van der Waals surface area contributed by atoms with E-state index >= 15 is 0 Å². The van der Waals surface area contributed by atoms with E-state index in [1.165, 1.54) is 17.5 Å². The molecule has 0 N–H and O–H groups in total. The van der Waals surface area contributed by atoms with Gasteiger partial charge in [-0.3, -0.25) is 9.79 Å². The highest BCUT2D eigenvalue weighted by Crippen LogP contribution is 2.31. The maximum Gasteiger partial charge on any atom is 0.182 e. The highest BCUT2D eigenvalue weighted by molar-refractivity contribution is 8.93. The van der Waals surface area contributed by atoms with Crippen molar-refractivity contribution in [3.05, 3.63) is 53.1 Å². The molecule has 2 aliphatic heterocycles. The SMILES string of the molecule is Br.Cc1cccc(N(CC(=O)c2ccc3c(c2)OCCO3)C2=NCCCCC2)c1C. The number of carbonyl (C=O) groups excluding carboxylic acids is 1. The fraction of sp³-hybridized carbons (Fsp3) is 0.417. The minimum Gasteiger partial charge on any atom is -0.486 e. The first-order chi connectivity index (χ1) is 14.1. The highest BCUT2D eigenvalue weighted by atomic mass is 79.9. The number of aryl methyl sites for hydroxylation is 1. The van der Waals surface area contributed by atoms with Crippen LogP contribution in [-0.2, 0) is 0 Å². The van der Waals surface area contributed by atoms with Gasteiger partial charge in [0.1, 0.15) is 19.0 Å². The Bertz CT molecular complexity index is 942. The Balaban J connectivity index is 0.00000256. The summed E-state index contributed by atoms with van der Waals surface area (Å²) in [6.07, 6.45) is 4.31. The van der Waals surface area contributed by atoms with Crippen LogP contribution in [-0.4, -0.2) is 37.9 Å². The molecule has 0 aliphatic carbocycles. The van der Waals surface area contributed by atoms with E-state index in [9.17, 15) is 4.79 Å². The van der Waals surface area contributed by atoms with Gasteiger partial charge < -0.3 is 14.4 Å². The van der Waals surface area contributed by atoms with Crippen LogP contribution in [0.5, 0.6) is 11.5 Å². The molecular weight excluding hydrogens is 444 g/mol. The van der Waals surface area contributed by atoms with Crippen molar-refractivity contribution in [2.45, 2.75) is 39.5 Å². The third-order valence-electron chi connectivity index (χ3n) is 5.70. The molecule has 2 heterocycles. The average molecular weight is 473 g/mol. The Kier molecular flexibility index (Phi) is 7.53. The largest absolute Gasteiger partial charge is 0.486 e. The number of benzene rings is 2. The summed E-state index contributed by atoms with van der Waals surface area (Å²) in [5, 5.41) is 0. The number of ketones is 1. The number of nitrogens with zero attached hydrogens (tertiary/aromatic N) is 2. The number of carbonyl (C=O) groups is 1. The van der Waals surface area contributed by atoms with Crippen LogP contribution in [0.2, 0.25) is 0 Å². The lowest BCUT2D eigenvalue weighted by molar-refractivity contribution is 0.100. The van der Waals surface area contributed by atoms with E-state index in [1.807, 2.05) is 12.1 Å². The number of fused-ring (bicyclic) bond motifs is 1. The molecule has 0 spiro atoms. The summed E-state index contributed by atoms with van der Waals surface area (Å²) in [6.45, 7) is 6.37. The van der Waals surface area contributed by atoms with Crippen LogP contribution >= 0.6 is 17.0 Å². The lowest BCUT2D eigenvalue weighted by atomic mass is 10.0. The summed E-state index contributed by atoms with van der Waals surface area (Å²) >= 11 is 0. The van der Waals surface area contributed by atoms with Crippen LogP contribution in [0.15, 0.2) is 41.4 Å². The number of hydrogen-bond acceptors (Lipinski definition) is 5. The van der Waals surface area contributed by atoms with Crippen LogP contribution in [0.3, 0.4) is 0 Å². The molecule has 0 amide bonds. The van der Waals surface area contributed by atoms with Crippen LogP contribution < -0.4 is 14.4 Å². The van der Waals surface area contributed by atoms with Crippen LogP contribution in [0.25, 0.3) is 0 Å². The van der Waals surface area contributed by atoms with Gasteiger partial charge in [-0.1, -0.05) is 18.6 Å². The van der Waals surface area contributed by atoms with E-state index in [4.69, 9.17) is 14.5 Å². The fourth-order valence-electron chi connectivity index (χ4n) is 3.87. The number of anilines is 1. The standard InChI is InChI=1S/C24H28N2O3.BrH/c1-17-7-6-8-20(18(17)2)26(24-9-4-3-5-12-25-24)16-21(27)19-10-11-22-23(15-19)29-14-13-28-22;/h6-8,10-11,15H,3-5,9,12-14,16H2,1-2H3;1H. The molecule has 2 aromatic rings. The predicted octanol–water partition coefficient (Wildman–Crippen LogP) is 5.31. The maximum absolute atomic E-state index is 13.2. The second-order valence-corrected chi connectivity index (χ2v) is 7.70. The molecule has 0 atom stereocenters. The van der Waals surface area contributed by atoms with Crippen LogP contribution in [0.4, 0.5) is 5.69 Å². The van der Waals surface area contributed by atoms with Crippen molar-refractivity contribution in [2.75, 3.05) is 31.2 Å². The summed E-state index contributed by atoms with van der Waals surface area (Å²) in [5.74, 6) is 2.41. The van der Waals surface area contributed by atoms with Crippen molar-refractivity contribution < 1.29 is 14.3 Å². The Hall–Kier alpha value is -2.34. The molecule has 4 rings (SSSR count). The lowest BCUT2D eigenvalue weighted by Gasteiger charge is -2.28. The molecule has 0 radical (unpaired) electrons. The van der Waals surface area contributed by atoms with E-state index in [1.54, 1.807) is 6.07 Å². The zero-order valence-corrected chi connectivity index (χ0v) is 19.4. The summed E-state index contributed by atoms with van der Waals surface area (Å²) in [4.78, 5) is 20.2. The van der Waals surface area contributed by atoms with Crippen LogP contribution in [0.1, 0.15) is 47.2 Å². The first-order valence-corrected chi connectivity index (χ1v) is 10.4. The second kappa shape index (κ2) is 10.1. The van der Waals surface area contributed by atoms with Gasteiger partial charge in [0.05, 0.1) is 6.54 Å². The molecule has 0 fully saturated rings. The Labute approximate surface area is 188 Å². The smallest absolute Gasteiger partial charge is 0.182 e. The van der Waals surface area contributed by atoms with Gasteiger partial charge in [-0.05, 0) is 62.1 Å². The minimum absolute atomic E-state index is 0. The number of rotatable bonds is 4. The molecule has 0 saturated carbocycles. The van der Waals surface area contributed by atoms with Gasteiger partial charge in [0.25, 0.3) is 0 Å². The number of halogens is 1.